The molecular weight excluding hydrogens is 1320 g/mol. The number of carbonyl (C=O) groups excluding carboxylic acids is 12. The van der Waals surface area contributed by atoms with Gasteiger partial charge < -0.3 is 78.1 Å². The van der Waals surface area contributed by atoms with Crippen LogP contribution in [0.15, 0.2) is 114 Å². The number of nitrogens with zero attached hydrogens (tertiary/aromatic N) is 2. The number of aliphatic imine (C=N–C) groups is 1. The third-order valence-corrected chi connectivity index (χ3v) is 18.5. The molecule has 0 aliphatic carbocycles. The van der Waals surface area contributed by atoms with Gasteiger partial charge in [-0.1, -0.05) is 24.3 Å². The number of phenols is 1. The Morgan fingerprint density at radius 3 is 1.98 bits per heavy atom. The number of Topliss-reactive ketones (excluding diaryl/α,β-unsaturated/α-hetero) is 2. The number of aromatic amines is 2. The summed E-state index contributed by atoms with van der Waals surface area (Å²) in [6.07, 6.45) is 3.31. The monoisotopic (exact) mass is 1410 g/mol. The Kier molecular flexibility index (Phi) is 24.6. The van der Waals surface area contributed by atoms with Gasteiger partial charge in [0.2, 0.25) is 53.2 Å². The highest BCUT2D eigenvalue weighted by molar-refractivity contribution is 6.01. The van der Waals surface area contributed by atoms with Crippen LogP contribution in [0.4, 0.5) is 8.78 Å². The molecule has 0 unspecified atom stereocenters. The summed E-state index contributed by atoms with van der Waals surface area (Å²) in [4.78, 5) is 194. The van der Waals surface area contributed by atoms with Crippen LogP contribution in [0.3, 0.4) is 0 Å². The molecule has 102 heavy (non-hydrogen) atoms. The maximum absolute atomic E-state index is 15.3. The highest BCUT2D eigenvalue weighted by atomic mass is 19.1. The third-order valence-electron chi connectivity index (χ3n) is 18.5. The maximum atomic E-state index is 15.3. The van der Waals surface area contributed by atoms with Crippen molar-refractivity contribution in [2.24, 2.45) is 22.6 Å². The van der Waals surface area contributed by atoms with E-state index in [1.807, 2.05) is 0 Å². The maximum Gasteiger partial charge on any atom is 0.305 e. The molecule has 1 fully saturated rings. The van der Waals surface area contributed by atoms with Gasteiger partial charge in [0.25, 0.3) is 5.91 Å². The summed E-state index contributed by atoms with van der Waals surface area (Å²) in [5, 5.41) is 42.2. The number of aliphatic carboxylic acids is 1. The number of allylic oxidation sites excluding steroid dienone is 1. The number of hydrogen-bond donors (Lipinski definition) is 13. The number of amides is 10. The minimum atomic E-state index is -1.93. The van der Waals surface area contributed by atoms with Crippen LogP contribution in [0, 0.1) is 23.5 Å². The van der Waals surface area contributed by atoms with Crippen LogP contribution >= 0.6 is 0 Å². The van der Waals surface area contributed by atoms with E-state index in [-0.39, 0.29) is 93.5 Å². The predicted octanol–water partition coefficient (Wildman–Crippen LogP) is 2.73. The van der Waals surface area contributed by atoms with Gasteiger partial charge in [-0.05, 0) is 141 Å². The predicted molar refractivity (Wildman–Crippen MR) is 366 cm³/mol. The molecule has 6 heterocycles. The number of benzene rings is 4. The van der Waals surface area contributed by atoms with Gasteiger partial charge in [0.15, 0.2) is 5.78 Å². The molecule has 4 aliphatic rings. The average Bonchev–Trinajstić information content (AvgIpc) is 1.61. The summed E-state index contributed by atoms with van der Waals surface area (Å²) in [5.74, 6) is -15.3. The summed E-state index contributed by atoms with van der Waals surface area (Å²) in [5.41, 5.74) is 7.19. The smallest absolute Gasteiger partial charge is 0.305 e. The number of fused-ring (bicyclic) bond motifs is 34. The van der Waals surface area contributed by atoms with Crippen molar-refractivity contribution in [2.75, 3.05) is 19.6 Å². The molecule has 2 bridgehead atoms. The topological polar surface area (TPSA) is 432 Å². The number of carboxylic acid groups (broad SMARTS) is 1. The number of rotatable bonds is 13. The Hall–Kier alpha value is -11.5. The van der Waals surface area contributed by atoms with Crippen LogP contribution in [-0.4, -0.2) is 169 Å². The number of halogens is 2. The van der Waals surface area contributed by atoms with E-state index in [9.17, 15) is 62.1 Å². The summed E-state index contributed by atoms with van der Waals surface area (Å²) < 4.78 is 29.4. The Morgan fingerprint density at radius 1 is 0.657 bits per heavy atom. The molecule has 0 saturated carbocycles. The molecule has 4 aromatic carbocycles. The molecule has 4 aliphatic heterocycles. The standard InChI is InChI=1S/C72H81F2N13O15/c1-38(88)24-44-6-4-21-77-65(96)43-11-7-40(8-12-43)26-56(63(75)94)86-71(102)72(3)20-5-23-87(72)70(101)59(27-41-9-15-50(89)16-10-41)85-67(98)45(25-42-19-22-76-34-42)30-60(90)55(33-62(92)93)83-69(100)58(28-46-35-79-54-32-49(74)13-17-51(46)54)84-68(99)57(29-47-36-78-53-18-14-48(73)31-52(47)53)82-61(91)37-80-64(95)39(2)81-66(44)97/h7-18,22,31-32,34-36,39,44-45,55-59,78-79,89H,4-6,19-21,23-30,33,37H2,1-3H3,(H2,75,94)(H,77,96)(H,80,95)(H,81,97)(H,82,91)(H,83,100)(H,84,99)(H,85,98)(H,86,102)(H,92,93)/t39-,44+,45+,55-,56-,57-,58-,59-,72-/m0/s1. The zero-order valence-electron chi connectivity index (χ0n) is 56.3. The molecule has 0 spiro atoms. The van der Waals surface area contributed by atoms with Crippen LogP contribution in [-0.2, 0) is 83.2 Å². The zero-order chi connectivity index (χ0) is 73.5. The number of phenolic OH excluding ortho intramolecular Hbond substituents is 1. The van der Waals surface area contributed by atoms with Crippen molar-refractivity contribution in [3.8, 4) is 5.75 Å². The van der Waals surface area contributed by atoms with Crippen molar-refractivity contribution < 1.29 is 81.3 Å². The second kappa shape index (κ2) is 33.6. The largest absolute Gasteiger partial charge is 0.508 e. The fourth-order valence-electron chi connectivity index (χ4n) is 12.9. The first kappa shape index (κ1) is 74.8. The lowest BCUT2D eigenvalue weighted by Gasteiger charge is -2.37. The summed E-state index contributed by atoms with van der Waals surface area (Å²) in [7, 11) is 0. The van der Waals surface area contributed by atoms with Crippen LogP contribution < -0.4 is 48.3 Å². The van der Waals surface area contributed by atoms with Gasteiger partial charge in [-0.3, -0.25) is 62.5 Å². The number of primary amides is 1. The van der Waals surface area contributed by atoms with Crippen molar-refractivity contribution >= 4 is 105 Å². The van der Waals surface area contributed by atoms with Crippen molar-refractivity contribution in [3.63, 3.8) is 0 Å². The molecule has 14 N–H and O–H groups in total. The number of aromatic hydroxyl groups is 1. The fraction of sp³-hybridized carbons (Fsp3) is 0.389. The van der Waals surface area contributed by atoms with E-state index in [4.69, 9.17) is 5.73 Å². The van der Waals surface area contributed by atoms with E-state index < -0.39 is 168 Å². The quantitative estimate of drug-likeness (QED) is 0.0740. The Bertz CT molecular complexity index is 4290. The minimum Gasteiger partial charge on any atom is -0.508 e. The van der Waals surface area contributed by atoms with Gasteiger partial charge in [-0.2, -0.15) is 0 Å². The molecular formula is C72H81F2N13O15. The number of ketones is 2. The van der Waals surface area contributed by atoms with Crippen molar-refractivity contribution in [1.82, 2.24) is 57.4 Å². The molecule has 0 radical (unpaired) electrons. The molecule has 10 amide bonds. The summed E-state index contributed by atoms with van der Waals surface area (Å²) in [6, 6.07) is 9.82. The lowest BCUT2D eigenvalue weighted by Crippen LogP contribution is -2.62. The van der Waals surface area contributed by atoms with Crippen LogP contribution in [0.2, 0.25) is 0 Å². The van der Waals surface area contributed by atoms with E-state index in [1.165, 1.54) is 111 Å². The number of hydrogen-bond acceptors (Lipinski definition) is 15. The van der Waals surface area contributed by atoms with Gasteiger partial charge in [-0.25, -0.2) is 8.78 Å². The second-order valence-corrected chi connectivity index (χ2v) is 26.2. The van der Waals surface area contributed by atoms with Crippen molar-refractivity contribution in [2.45, 2.75) is 146 Å². The van der Waals surface area contributed by atoms with E-state index in [0.717, 1.165) is 6.07 Å². The van der Waals surface area contributed by atoms with E-state index in [0.29, 0.717) is 44.1 Å². The number of carboxylic acids is 1. The Morgan fingerprint density at radius 2 is 1.30 bits per heavy atom. The Labute approximate surface area is 583 Å². The van der Waals surface area contributed by atoms with Gasteiger partial charge in [-0.15, -0.1) is 0 Å². The summed E-state index contributed by atoms with van der Waals surface area (Å²) >= 11 is 0. The number of carbonyl (C=O) groups is 13. The van der Waals surface area contributed by atoms with Crippen LogP contribution in [0.1, 0.15) is 111 Å². The fourth-order valence-corrected chi connectivity index (χ4v) is 12.9. The van der Waals surface area contributed by atoms with Gasteiger partial charge in [0.1, 0.15) is 58.9 Å². The first-order valence-corrected chi connectivity index (χ1v) is 33.4. The minimum absolute atomic E-state index is 0.00760. The molecule has 6 aromatic rings. The first-order chi connectivity index (χ1) is 48.6. The number of H-pyrrole nitrogens is 2. The molecule has 28 nitrogen and oxygen atoms in total. The Balaban J connectivity index is 1.06. The van der Waals surface area contributed by atoms with Crippen LogP contribution in [0.25, 0.3) is 21.8 Å². The summed E-state index contributed by atoms with van der Waals surface area (Å²) in [6.45, 7) is 3.33. The highest BCUT2D eigenvalue weighted by Crippen LogP contribution is 2.32. The zero-order valence-corrected chi connectivity index (χ0v) is 56.3. The average molecular weight is 1410 g/mol. The van der Waals surface area contributed by atoms with E-state index in [1.54, 1.807) is 18.3 Å². The number of nitrogens with two attached hydrogens (primary N) is 1. The third kappa shape index (κ3) is 19.5. The van der Waals surface area contributed by atoms with Crippen LogP contribution in [0.5, 0.6) is 5.75 Å². The lowest BCUT2D eigenvalue weighted by molar-refractivity contribution is -0.147. The first-order valence-electron chi connectivity index (χ1n) is 33.4. The van der Waals surface area contributed by atoms with E-state index in [2.05, 4.69) is 57.5 Å². The van der Waals surface area contributed by atoms with E-state index >= 15 is 19.2 Å². The second-order valence-electron chi connectivity index (χ2n) is 26.2. The van der Waals surface area contributed by atoms with Gasteiger partial charge >= 0.3 is 5.97 Å². The van der Waals surface area contributed by atoms with Crippen molar-refractivity contribution in [1.29, 1.82) is 0 Å². The molecule has 9 atom stereocenters. The molecule has 30 heteroatoms. The van der Waals surface area contributed by atoms with Gasteiger partial charge in [0.05, 0.1) is 19.0 Å². The SMILES string of the molecule is CC(=O)C[C@H]1CCCNC(=O)c2ccc(cc2)C[C@@H](C(N)=O)NC(=O)[C@]2(C)CCCN2C(=O)[C@H](Cc2ccc(O)cc2)NC(=O)[C@H](CC2=CN=CC2)CC(=O)[C@H](CC(=O)O)NC(=O)[C@H](Cc2c[nH]c3cc(F)ccc23)NC(=O)[C@H](Cc2c[nH]c3ccc(F)cc23)NC(=O)CNC(=O)[C@H](C)NC1=O. The molecule has 538 valence electrons. The number of nitrogens with one attached hydrogen (secondary N) is 10. The molecule has 10 rings (SSSR count). The normalized spacial score (nSPS) is 23.9. The number of aromatic nitrogens is 2. The molecule has 2 aromatic heterocycles. The lowest BCUT2D eigenvalue weighted by atomic mass is 9.89. The van der Waals surface area contributed by atoms with Crippen molar-refractivity contribution in [3.05, 3.63) is 149 Å². The van der Waals surface area contributed by atoms with Gasteiger partial charge in [0, 0.05) is 122 Å². The molecule has 1 saturated heterocycles. The highest BCUT2D eigenvalue weighted by Gasteiger charge is 2.49.